The Labute approximate surface area is 128 Å². The molecule has 0 unspecified atom stereocenters. The van der Waals surface area contributed by atoms with Crippen LogP contribution in [0.4, 0.5) is 5.69 Å². The van der Waals surface area contributed by atoms with Gasteiger partial charge in [-0.05, 0) is 42.5 Å². The van der Waals surface area contributed by atoms with Crippen molar-refractivity contribution in [2.24, 2.45) is 5.92 Å². The van der Waals surface area contributed by atoms with Crippen LogP contribution in [0.3, 0.4) is 0 Å². The minimum Gasteiger partial charge on any atom is -0.494 e. The van der Waals surface area contributed by atoms with E-state index in [1.807, 2.05) is 25.1 Å². The molecule has 2 rings (SSSR count). The van der Waals surface area contributed by atoms with Crippen molar-refractivity contribution in [2.45, 2.75) is 33.7 Å². The molecule has 0 aromatic heterocycles. The summed E-state index contributed by atoms with van der Waals surface area (Å²) in [5.74, 6) is 1.62. The van der Waals surface area contributed by atoms with Gasteiger partial charge in [-0.25, -0.2) is 0 Å². The van der Waals surface area contributed by atoms with Gasteiger partial charge in [0.15, 0.2) is 0 Å². The van der Waals surface area contributed by atoms with Crippen LogP contribution in [0.15, 0.2) is 48.5 Å². The van der Waals surface area contributed by atoms with Crippen LogP contribution >= 0.6 is 0 Å². The summed E-state index contributed by atoms with van der Waals surface area (Å²) in [4.78, 5) is 0. The molecular weight excluding hydrogens is 258 g/mol. The summed E-state index contributed by atoms with van der Waals surface area (Å²) < 4.78 is 5.51. The Kier molecular flexibility index (Phi) is 5.68. The molecule has 112 valence electrons. The lowest BCUT2D eigenvalue weighted by Gasteiger charge is -2.10. The van der Waals surface area contributed by atoms with Gasteiger partial charge in [-0.15, -0.1) is 0 Å². The van der Waals surface area contributed by atoms with Crippen molar-refractivity contribution >= 4 is 5.69 Å². The first-order chi connectivity index (χ1) is 10.2. The van der Waals surface area contributed by atoms with E-state index >= 15 is 0 Å². The largest absolute Gasteiger partial charge is 0.494 e. The van der Waals surface area contributed by atoms with Gasteiger partial charge in [-0.1, -0.05) is 44.2 Å². The molecule has 2 nitrogen and oxygen atoms in total. The zero-order valence-electron chi connectivity index (χ0n) is 13.2. The fourth-order valence-electron chi connectivity index (χ4n) is 2.33. The molecule has 0 spiro atoms. The summed E-state index contributed by atoms with van der Waals surface area (Å²) in [6, 6.07) is 17.0. The highest BCUT2D eigenvalue weighted by molar-refractivity contribution is 5.48. The molecule has 21 heavy (non-hydrogen) atoms. The predicted molar refractivity (Wildman–Crippen MR) is 89.9 cm³/mol. The first-order valence-electron chi connectivity index (χ1n) is 7.72. The van der Waals surface area contributed by atoms with Crippen molar-refractivity contribution in [3.8, 4) is 5.75 Å². The van der Waals surface area contributed by atoms with Crippen molar-refractivity contribution in [2.75, 3.05) is 11.9 Å². The Balaban J connectivity index is 1.91. The lowest BCUT2D eigenvalue weighted by atomic mass is 10.0. The second-order valence-electron chi connectivity index (χ2n) is 5.73. The summed E-state index contributed by atoms with van der Waals surface area (Å²) in [7, 11) is 0. The zero-order chi connectivity index (χ0) is 15.1. The van der Waals surface area contributed by atoms with Crippen molar-refractivity contribution in [3.05, 3.63) is 59.7 Å². The maximum absolute atomic E-state index is 5.51. The molecule has 0 aliphatic carbocycles. The minimum absolute atomic E-state index is 0.695. The van der Waals surface area contributed by atoms with Crippen LogP contribution in [0.5, 0.6) is 5.75 Å². The third-order valence-corrected chi connectivity index (χ3v) is 3.31. The summed E-state index contributed by atoms with van der Waals surface area (Å²) in [5, 5.41) is 3.44. The first-order valence-corrected chi connectivity index (χ1v) is 7.72. The molecule has 2 aromatic carbocycles. The molecule has 2 heteroatoms. The van der Waals surface area contributed by atoms with Crippen LogP contribution in [0, 0.1) is 5.92 Å². The molecule has 0 saturated heterocycles. The predicted octanol–water partition coefficient (Wildman–Crippen LogP) is 4.90. The molecule has 0 radical (unpaired) electrons. The number of ether oxygens (including phenoxy) is 1. The first kappa shape index (κ1) is 15.4. The number of hydrogen-bond donors (Lipinski definition) is 1. The molecule has 0 aliphatic rings. The third kappa shape index (κ3) is 5.14. The summed E-state index contributed by atoms with van der Waals surface area (Å²) in [6.07, 6.45) is 1.14. The third-order valence-electron chi connectivity index (χ3n) is 3.31. The van der Waals surface area contributed by atoms with Gasteiger partial charge in [-0.3, -0.25) is 0 Å². The van der Waals surface area contributed by atoms with E-state index in [1.165, 1.54) is 11.1 Å². The van der Waals surface area contributed by atoms with E-state index in [9.17, 15) is 0 Å². The average Bonchev–Trinajstić information content (AvgIpc) is 2.47. The number of benzene rings is 2. The zero-order valence-corrected chi connectivity index (χ0v) is 13.2. The lowest BCUT2D eigenvalue weighted by Crippen LogP contribution is -2.01. The molecule has 0 fully saturated rings. The van der Waals surface area contributed by atoms with Crippen molar-refractivity contribution < 1.29 is 4.74 Å². The fourth-order valence-corrected chi connectivity index (χ4v) is 2.33. The van der Waals surface area contributed by atoms with Gasteiger partial charge in [0.25, 0.3) is 0 Å². The lowest BCUT2D eigenvalue weighted by molar-refractivity contribution is 0.340. The maximum atomic E-state index is 5.51. The topological polar surface area (TPSA) is 21.3 Å². The number of nitrogens with one attached hydrogen (secondary N) is 1. The van der Waals surface area contributed by atoms with Gasteiger partial charge in [0.05, 0.1) is 6.61 Å². The van der Waals surface area contributed by atoms with Crippen molar-refractivity contribution in [1.82, 2.24) is 0 Å². The molecule has 1 N–H and O–H groups in total. The Bertz CT molecular complexity index is 546. The standard InChI is InChI=1S/C19H25NO/c1-4-21-19-7-5-6-18(13-19)20-14-17-10-8-16(9-11-17)12-15(2)3/h5-11,13,15,20H,4,12,14H2,1-3H3. The quantitative estimate of drug-likeness (QED) is 0.780. The normalized spacial score (nSPS) is 10.7. The molecule has 2 aromatic rings. The maximum Gasteiger partial charge on any atom is 0.121 e. The van der Waals surface area contributed by atoms with Crippen LogP contribution in [0.1, 0.15) is 31.9 Å². The molecule has 0 amide bonds. The van der Waals surface area contributed by atoms with Crippen LogP contribution in [0.25, 0.3) is 0 Å². The monoisotopic (exact) mass is 283 g/mol. The Morgan fingerprint density at radius 3 is 2.38 bits per heavy atom. The van der Waals surface area contributed by atoms with E-state index in [0.29, 0.717) is 12.5 Å². The van der Waals surface area contributed by atoms with E-state index in [-0.39, 0.29) is 0 Å². The van der Waals surface area contributed by atoms with Crippen molar-refractivity contribution in [1.29, 1.82) is 0 Å². The highest BCUT2D eigenvalue weighted by atomic mass is 16.5. The average molecular weight is 283 g/mol. The molecule has 0 atom stereocenters. The highest BCUT2D eigenvalue weighted by Gasteiger charge is 1.99. The fraction of sp³-hybridized carbons (Fsp3) is 0.368. The SMILES string of the molecule is CCOc1cccc(NCc2ccc(CC(C)C)cc2)c1. The van der Waals surface area contributed by atoms with E-state index in [0.717, 1.165) is 24.4 Å². The van der Waals surface area contributed by atoms with Crippen LogP contribution < -0.4 is 10.1 Å². The molecular formula is C19H25NO. The minimum atomic E-state index is 0.695. The van der Waals surface area contributed by atoms with Gasteiger partial charge < -0.3 is 10.1 Å². The molecule has 0 bridgehead atoms. The van der Waals surface area contributed by atoms with Gasteiger partial charge in [0, 0.05) is 18.3 Å². The van der Waals surface area contributed by atoms with Gasteiger partial charge >= 0.3 is 0 Å². The summed E-state index contributed by atoms with van der Waals surface area (Å²) in [6.45, 7) is 8.03. The molecule has 0 saturated carbocycles. The van der Waals surface area contributed by atoms with E-state index < -0.39 is 0 Å². The number of anilines is 1. The van der Waals surface area contributed by atoms with Crippen LogP contribution in [0.2, 0.25) is 0 Å². The Morgan fingerprint density at radius 1 is 1.00 bits per heavy atom. The van der Waals surface area contributed by atoms with E-state index in [2.05, 4.69) is 49.5 Å². The van der Waals surface area contributed by atoms with E-state index in [1.54, 1.807) is 0 Å². The van der Waals surface area contributed by atoms with E-state index in [4.69, 9.17) is 4.74 Å². The summed E-state index contributed by atoms with van der Waals surface area (Å²) in [5.41, 5.74) is 3.80. The summed E-state index contributed by atoms with van der Waals surface area (Å²) >= 11 is 0. The smallest absolute Gasteiger partial charge is 0.121 e. The Morgan fingerprint density at radius 2 is 1.71 bits per heavy atom. The number of hydrogen-bond acceptors (Lipinski definition) is 2. The van der Waals surface area contributed by atoms with Gasteiger partial charge in [-0.2, -0.15) is 0 Å². The molecule has 0 heterocycles. The second kappa shape index (κ2) is 7.72. The van der Waals surface area contributed by atoms with Gasteiger partial charge in [0.1, 0.15) is 5.75 Å². The number of rotatable bonds is 7. The van der Waals surface area contributed by atoms with Gasteiger partial charge in [0.2, 0.25) is 0 Å². The second-order valence-corrected chi connectivity index (χ2v) is 5.73. The van der Waals surface area contributed by atoms with Crippen LogP contribution in [-0.4, -0.2) is 6.61 Å². The van der Waals surface area contributed by atoms with Crippen LogP contribution in [-0.2, 0) is 13.0 Å². The highest BCUT2D eigenvalue weighted by Crippen LogP contribution is 2.18. The van der Waals surface area contributed by atoms with Crippen molar-refractivity contribution in [3.63, 3.8) is 0 Å². The Hall–Kier alpha value is -1.96. The molecule has 0 aliphatic heterocycles.